The zero-order valence-corrected chi connectivity index (χ0v) is 9.73. The lowest BCUT2D eigenvalue weighted by Crippen LogP contribution is -2.27. The maximum Gasteiger partial charge on any atom is 0.435 e. The Kier molecular flexibility index (Phi) is 4.42. The van der Waals surface area contributed by atoms with Crippen LogP contribution in [0.15, 0.2) is 24.4 Å². The summed E-state index contributed by atoms with van der Waals surface area (Å²) in [5, 5.41) is 4.44. The number of nitrogens with one attached hydrogen (secondary N) is 2. The maximum absolute atomic E-state index is 11.5. The summed E-state index contributed by atoms with van der Waals surface area (Å²) < 4.78 is 20.6. The van der Waals surface area contributed by atoms with Gasteiger partial charge >= 0.3 is 13.8 Å². The summed E-state index contributed by atoms with van der Waals surface area (Å²) >= 11 is 0. The Bertz CT molecular complexity index is 390. The molecule has 0 radical (unpaired) electrons. The third kappa shape index (κ3) is 3.62. The number of urea groups is 1. The number of aromatic nitrogens is 1. The molecule has 2 amide bonds. The lowest BCUT2D eigenvalue weighted by atomic mass is 10.5. The molecule has 8 heteroatoms. The molecule has 0 bridgehead atoms. The minimum absolute atomic E-state index is 0.332. The lowest BCUT2D eigenvalue weighted by molar-refractivity contribution is 0.242. The summed E-state index contributed by atoms with van der Waals surface area (Å²) in [5.41, 5.74) is 0. The van der Waals surface area contributed by atoms with Crippen LogP contribution in [0.2, 0.25) is 0 Å². The van der Waals surface area contributed by atoms with Gasteiger partial charge in [0, 0.05) is 20.4 Å². The molecule has 0 aliphatic carbocycles. The van der Waals surface area contributed by atoms with Crippen LogP contribution in [0.3, 0.4) is 0 Å². The van der Waals surface area contributed by atoms with E-state index in [1.54, 1.807) is 18.2 Å². The first-order valence-electron chi connectivity index (χ1n) is 4.31. The van der Waals surface area contributed by atoms with Gasteiger partial charge in [-0.25, -0.2) is 19.4 Å². The largest absolute Gasteiger partial charge is 0.435 e. The van der Waals surface area contributed by atoms with E-state index in [0.717, 1.165) is 0 Å². The van der Waals surface area contributed by atoms with E-state index in [1.165, 1.54) is 20.4 Å². The molecule has 2 N–H and O–H groups in total. The summed E-state index contributed by atoms with van der Waals surface area (Å²) in [6.07, 6.45) is 1.52. The second kappa shape index (κ2) is 5.60. The molecule has 16 heavy (non-hydrogen) atoms. The van der Waals surface area contributed by atoms with Crippen LogP contribution in [0.25, 0.3) is 0 Å². The predicted octanol–water partition coefficient (Wildman–Crippen LogP) is 1.60. The topological polar surface area (TPSA) is 89.5 Å². The number of carbonyl (C=O) groups is 1. The lowest BCUT2D eigenvalue weighted by Gasteiger charge is -2.14. The van der Waals surface area contributed by atoms with Gasteiger partial charge in [0.25, 0.3) is 0 Å². The van der Waals surface area contributed by atoms with E-state index in [9.17, 15) is 9.36 Å². The molecule has 7 nitrogen and oxygen atoms in total. The highest BCUT2D eigenvalue weighted by atomic mass is 31.2. The van der Waals surface area contributed by atoms with Crippen LogP contribution in [-0.4, -0.2) is 25.2 Å². The van der Waals surface area contributed by atoms with E-state index >= 15 is 0 Å². The molecule has 88 valence electrons. The number of nitrogens with zero attached hydrogens (tertiary/aromatic N) is 1. The van der Waals surface area contributed by atoms with Crippen molar-refractivity contribution in [2.75, 3.05) is 19.5 Å². The van der Waals surface area contributed by atoms with E-state index in [4.69, 9.17) is 0 Å². The Morgan fingerprint density at radius 1 is 1.38 bits per heavy atom. The minimum atomic E-state index is -3.56. The quantitative estimate of drug-likeness (QED) is 0.786. The van der Waals surface area contributed by atoms with Gasteiger partial charge in [-0.2, -0.15) is 0 Å². The third-order valence-corrected chi connectivity index (χ3v) is 3.06. The number of hydrogen-bond donors (Lipinski definition) is 2. The van der Waals surface area contributed by atoms with E-state index in [-0.39, 0.29) is 0 Å². The summed E-state index contributed by atoms with van der Waals surface area (Å²) in [4.78, 5) is 15.2. The van der Waals surface area contributed by atoms with Gasteiger partial charge in [0.1, 0.15) is 5.82 Å². The standard InChI is InChI=1S/C8H12N3O4P/c1-14-16(13,15-2)11-8(12)10-7-5-3-4-6-9-7/h3-6H,1-2H3,(H2,9,10,11,12,13). The van der Waals surface area contributed by atoms with Gasteiger partial charge in [0.05, 0.1) is 0 Å². The van der Waals surface area contributed by atoms with Gasteiger partial charge in [-0.3, -0.25) is 14.4 Å². The van der Waals surface area contributed by atoms with E-state index in [0.29, 0.717) is 5.82 Å². The highest BCUT2D eigenvalue weighted by Crippen LogP contribution is 2.41. The van der Waals surface area contributed by atoms with Crippen molar-refractivity contribution in [2.24, 2.45) is 0 Å². The minimum Gasteiger partial charge on any atom is -0.296 e. The Morgan fingerprint density at radius 2 is 2.06 bits per heavy atom. The van der Waals surface area contributed by atoms with E-state index in [1.807, 2.05) is 0 Å². The molecule has 1 aromatic heterocycles. The Morgan fingerprint density at radius 3 is 2.56 bits per heavy atom. The molecule has 1 aromatic rings. The molecule has 1 rings (SSSR count). The second-order valence-electron chi connectivity index (χ2n) is 2.64. The van der Waals surface area contributed by atoms with Crippen molar-refractivity contribution in [3.63, 3.8) is 0 Å². The van der Waals surface area contributed by atoms with Crippen LogP contribution in [0, 0.1) is 0 Å². The molecule has 0 fully saturated rings. The first-order chi connectivity index (χ1) is 7.59. The predicted molar refractivity (Wildman–Crippen MR) is 58.0 cm³/mol. The van der Waals surface area contributed by atoms with Crippen LogP contribution in [0.5, 0.6) is 0 Å². The number of pyridine rings is 1. The average molecular weight is 245 g/mol. The first kappa shape index (κ1) is 12.6. The number of carbonyl (C=O) groups excluding carboxylic acids is 1. The van der Waals surface area contributed by atoms with Gasteiger partial charge in [-0.05, 0) is 12.1 Å². The molecule has 1 heterocycles. The number of amides is 2. The summed E-state index contributed by atoms with van der Waals surface area (Å²) in [7, 11) is -1.22. The summed E-state index contributed by atoms with van der Waals surface area (Å²) in [6.45, 7) is 0. The molecule has 0 spiro atoms. The summed E-state index contributed by atoms with van der Waals surface area (Å²) in [5.74, 6) is 0.332. The van der Waals surface area contributed by atoms with E-state index < -0.39 is 13.8 Å². The zero-order valence-electron chi connectivity index (χ0n) is 8.84. The fourth-order valence-corrected chi connectivity index (χ4v) is 1.51. The van der Waals surface area contributed by atoms with Gasteiger partial charge in [0.15, 0.2) is 0 Å². The molecular weight excluding hydrogens is 233 g/mol. The van der Waals surface area contributed by atoms with Gasteiger partial charge in [0.2, 0.25) is 0 Å². The van der Waals surface area contributed by atoms with Crippen molar-refractivity contribution in [1.82, 2.24) is 10.1 Å². The fraction of sp³-hybridized carbons (Fsp3) is 0.250. The van der Waals surface area contributed by atoms with E-state index in [2.05, 4.69) is 24.4 Å². The molecule has 0 atom stereocenters. The molecule has 0 unspecified atom stereocenters. The van der Waals surface area contributed by atoms with Crippen molar-refractivity contribution in [2.45, 2.75) is 0 Å². The molecule has 0 saturated heterocycles. The molecule has 0 aliphatic rings. The SMILES string of the molecule is COP(=O)(NC(=O)Nc1ccccn1)OC. The maximum atomic E-state index is 11.5. The smallest absolute Gasteiger partial charge is 0.296 e. The average Bonchev–Trinajstić information content (AvgIpc) is 2.30. The van der Waals surface area contributed by atoms with Crippen LogP contribution >= 0.6 is 7.75 Å². The number of hydrogen-bond acceptors (Lipinski definition) is 5. The van der Waals surface area contributed by atoms with Crippen molar-refractivity contribution >= 4 is 19.6 Å². The van der Waals surface area contributed by atoms with Crippen LogP contribution in [-0.2, 0) is 13.6 Å². The molecule has 0 aliphatic heterocycles. The van der Waals surface area contributed by atoms with Crippen molar-refractivity contribution in [3.05, 3.63) is 24.4 Å². The van der Waals surface area contributed by atoms with Crippen LogP contribution in [0.1, 0.15) is 0 Å². The second-order valence-corrected chi connectivity index (χ2v) is 4.59. The van der Waals surface area contributed by atoms with Gasteiger partial charge in [-0.1, -0.05) is 6.07 Å². The Hall–Kier alpha value is -1.43. The first-order valence-corrected chi connectivity index (χ1v) is 5.86. The van der Waals surface area contributed by atoms with Crippen LogP contribution < -0.4 is 10.4 Å². The molecular formula is C8H12N3O4P. The summed E-state index contributed by atoms with van der Waals surface area (Å²) in [6, 6.07) is 4.28. The molecule has 0 saturated carbocycles. The Balaban J connectivity index is 2.58. The van der Waals surface area contributed by atoms with Gasteiger partial charge < -0.3 is 0 Å². The normalized spacial score (nSPS) is 10.9. The monoisotopic (exact) mass is 245 g/mol. The Labute approximate surface area is 92.8 Å². The zero-order chi connectivity index (χ0) is 12.0. The van der Waals surface area contributed by atoms with Crippen molar-refractivity contribution in [3.8, 4) is 0 Å². The van der Waals surface area contributed by atoms with Crippen molar-refractivity contribution < 1.29 is 18.4 Å². The molecule has 0 aromatic carbocycles. The highest BCUT2D eigenvalue weighted by Gasteiger charge is 2.24. The third-order valence-electron chi connectivity index (χ3n) is 1.63. The fourth-order valence-electron chi connectivity index (χ4n) is 0.871. The number of rotatable bonds is 4. The highest BCUT2D eigenvalue weighted by molar-refractivity contribution is 7.52. The van der Waals surface area contributed by atoms with Crippen molar-refractivity contribution in [1.29, 1.82) is 0 Å². The van der Waals surface area contributed by atoms with Gasteiger partial charge in [-0.15, -0.1) is 0 Å². The van der Waals surface area contributed by atoms with Crippen LogP contribution in [0.4, 0.5) is 10.6 Å². The number of anilines is 1.